The highest BCUT2D eigenvalue weighted by atomic mass is 35.5. The summed E-state index contributed by atoms with van der Waals surface area (Å²) >= 11 is 7.88. The summed E-state index contributed by atoms with van der Waals surface area (Å²) in [4.78, 5) is 3.37. The lowest BCUT2D eigenvalue weighted by atomic mass is 10.2. The molecule has 0 bridgehead atoms. The van der Waals surface area contributed by atoms with Crippen LogP contribution in [-0.2, 0) is 6.54 Å². The van der Waals surface area contributed by atoms with Crippen LogP contribution >= 0.6 is 23.4 Å². The van der Waals surface area contributed by atoms with Crippen molar-refractivity contribution in [2.24, 2.45) is 5.73 Å². The first-order valence-corrected chi connectivity index (χ1v) is 6.26. The van der Waals surface area contributed by atoms with Gasteiger partial charge in [-0.05, 0) is 31.8 Å². The van der Waals surface area contributed by atoms with Gasteiger partial charge in [-0.1, -0.05) is 17.7 Å². The second kappa shape index (κ2) is 6.38. The zero-order chi connectivity index (χ0) is 11.3. The van der Waals surface area contributed by atoms with E-state index in [2.05, 4.69) is 25.1 Å². The maximum atomic E-state index is 6.07. The Morgan fingerprint density at radius 3 is 2.73 bits per heavy atom. The van der Waals surface area contributed by atoms with Crippen molar-refractivity contribution >= 4 is 23.4 Å². The molecule has 2 N–H and O–H groups in total. The van der Waals surface area contributed by atoms with Crippen molar-refractivity contribution < 1.29 is 0 Å². The summed E-state index contributed by atoms with van der Waals surface area (Å²) in [5.74, 6) is 1.06. The van der Waals surface area contributed by atoms with Crippen molar-refractivity contribution in [3.63, 3.8) is 0 Å². The van der Waals surface area contributed by atoms with Gasteiger partial charge < -0.3 is 10.6 Å². The Labute approximate surface area is 101 Å². The molecule has 0 atom stereocenters. The van der Waals surface area contributed by atoms with Gasteiger partial charge in [-0.25, -0.2) is 0 Å². The molecule has 0 heterocycles. The van der Waals surface area contributed by atoms with Crippen LogP contribution in [0, 0.1) is 0 Å². The second-order valence-electron chi connectivity index (χ2n) is 3.57. The average Bonchev–Trinajstić information content (AvgIpc) is 2.17. The summed E-state index contributed by atoms with van der Waals surface area (Å²) in [5.41, 5.74) is 6.73. The van der Waals surface area contributed by atoms with E-state index in [1.54, 1.807) is 0 Å². The van der Waals surface area contributed by atoms with Gasteiger partial charge in [0.1, 0.15) is 0 Å². The van der Waals surface area contributed by atoms with E-state index < -0.39 is 0 Å². The number of rotatable bonds is 5. The zero-order valence-electron chi connectivity index (χ0n) is 9.16. The largest absolute Gasteiger partial charge is 0.326 e. The van der Waals surface area contributed by atoms with Crippen molar-refractivity contribution in [1.82, 2.24) is 4.90 Å². The highest BCUT2D eigenvalue weighted by molar-refractivity contribution is 7.99. The first kappa shape index (κ1) is 12.8. The monoisotopic (exact) mass is 244 g/mol. The normalized spacial score (nSPS) is 11.0. The van der Waals surface area contributed by atoms with Gasteiger partial charge in [0.05, 0.1) is 0 Å². The third kappa shape index (κ3) is 4.03. The minimum absolute atomic E-state index is 0.504. The molecule has 0 aromatic heterocycles. The molecule has 0 radical (unpaired) electrons. The van der Waals surface area contributed by atoms with Crippen LogP contribution in [-0.4, -0.2) is 31.3 Å². The van der Waals surface area contributed by atoms with Gasteiger partial charge >= 0.3 is 0 Å². The number of hydrogen-bond donors (Lipinski definition) is 1. The Kier molecular flexibility index (Phi) is 5.47. The maximum Gasteiger partial charge on any atom is 0.0462 e. The Morgan fingerprint density at radius 1 is 1.40 bits per heavy atom. The number of nitrogens with two attached hydrogens (primary N) is 1. The molecule has 0 aliphatic rings. The standard InChI is InChI=1S/C11H17ClN2S/c1-14(2)6-7-15-11-5-3-4-10(12)9(11)8-13/h3-5H,6-8,13H2,1-2H3. The molecule has 0 saturated heterocycles. The lowest BCUT2D eigenvalue weighted by Gasteiger charge is -2.11. The van der Waals surface area contributed by atoms with E-state index in [1.807, 2.05) is 23.9 Å². The number of benzene rings is 1. The van der Waals surface area contributed by atoms with Crippen molar-refractivity contribution in [3.05, 3.63) is 28.8 Å². The fraction of sp³-hybridized carbons (Fsp3) is 0.455. The number of nitrogens with zero attached hydrogens (tertiary/aromatic N) is 1. The van der Waals surface area contributed by atoms with E-state index in [0.29, 0.717) is 6.54 Å². The number of thioether (sulfide) groups is 1. The van der Waals surface area contributed by atoms with Crippen LogP contribution < -0.4 is 5.73 Å². The van der Waals surface area contributed by atoms with Crippen LogP contribution in [0.3, 0.4) is 0 Å². The summed E-state index contributed by atoms with van der Waals surface area (Å²) in [5, 5.41) is 0.771. The smallest absolute Gasteiger partial charge is 0.0462 e. The maximum absolute atomic E-state index is 6.07. The van der Waals surface area contributed by atoms with E-state index in [-0.39, 0.29) is 0 Å². The average molecular weight is 245 g/mol. The van der Waals surface area contributed by atoms with Crippen molar-refractivity contribution in [2.75, 3.05) is 26.4 Å². The summed E-state index contributed by atoms with van der Waals surface area (Å²) in [6.45, 7) is 1.56. The molecule has 0 saturated carbocycles. The third-order valence-electron chi connectivity index (χ3n) is 2.08. The van der Waals surface area contributed by atoms with Crippen LogP contribution in [0.25, 0.3) is 0 Å². The molecule has 0 fully saturated rings. The van der Waals surface area contributed by atoms with Crippen LogP contribution in [0.1, 0.15) is 5.56 Å². The Bertz CT molecular complexity index is 315. The van der Waals surface area contributed by atoms with E-state index in [0.717, 1.165) is 22.9 Å². The first-order chi connectivity index (χ1) is 7.15. The highest BCUT2D eigenvalue weighted by Crippen LogP contribution is 2.27. The molecule has 1 aromatic rings. The van der Waals surface area contributed by atoms with Gasteiger partial charge in [0.25, 0.3) is 0 Å². The fourth-order valence-electron chi connectivity index (χ4n) is 1.21. The van der Waals surface area contributed by atoms with Crippen molar-refractivity contribution in [2.45, 2.75) is 11.4 Å². The molecule has 2 nitrogen and oxygen atoms in total. The van der Waals surface area contributed by atoms with Crippen LogP contribution in [0.4, 0.5) is 0 Å². The Morgan fingerprint density at radius 2 is 2.13 bits per heavy atom. The Balaban J connectivity index is 2.64. The molecule has 84 valence electrons. The van der Waals surface area contributed by atoms with Gasteiger partial charge in [0, 0.05) is 28.8 Å². The van der Waals surface area contributed by atoms with Gasteiger partial charge in [0.15, 0.2) is 0 Å². The summed E-state index contributed by atoms with van der Waals surface area (Å²) in [7, 11) is 4.14. The van der Waals surface area contributed by atoms with Gasteiger partial charge in [0.2, 0.25) is 0 Å². The molecule has 1 aromatic carbocycles. The lowest BCUT2D eigenvalue weighted by molar-refractivity contribution is 0.437. The van der Waals surface area contributed by atoms with E-state index >= 15 is 0 Å². The van der Waals surface area contributed by atoms with Gasteiger partial charge in [-0.15, -0.1) is 11.8 Å². The lowest BCUT2D eigenvalue weighted by Crippen LogP contribution is -2.14. The van der Waals surface area contributed by atoms with Crippen molar-refractivity contribution in [3.8, 4) is 0 Å². The molecule has 0 spiro atoms. The van der Waals surface area contributed by atoms with Crippen LogP contribution in [0.5, 0.6) is 0 Å². The molecule has 0 unspecified atom stereocenters. The summed E-state index contributed by atoms with van der Waals surface area (Å²) < 4.78 is 0. The Hall–Kier alpha value is -0.220. The molecule has 15 heavy (non-hydrogen) atoms. The fourth-order valence-corrected chi connectivity index (χ4v) is 2.74. The zero-order valence-corrected chi connectivity index (χ0v) is 10.7. The molecule has 0 aliphatic carbocycles. The van der Waals surface area contributed by atoms with Crippen molar-refractivity contribution in [1.29, 1.82) is 0 Å². The van der Waals surface area contributed by atoms with Crippen LogP contribution in [0.2, 0.25) is 5.02 Å². The first-order valence-electron chi connectivity index (χ1n) is 4.90. The van der Waals surface area contributed by atoms with Gasteiger partial charge in [-0.2, -0.15) is 0 Å². The number of halogens is 1. The molecule has 4 heteroatoms. The predicted octanol–water partition coefficient (Wildman–Crippen LogP) is 2.45. The number of hydrogen-bond acceptors (Lipinski definition) is 3. The SMILES string of the molecule is CN(C)CCSc1cccc(Cl)c1CN. The summed E-state index contributed by atoms with van der Waals surface area (Å²) in [6.07, 6.45) is 0. The minimum atomic E-state index is 0.504. The summed E-state index contributed by atoms with van der Waals surface area (Å²) in [6, 6.07) is 5.94. The highest BCUT2D eigenvalue weighted by Gasteiger charge is 2.05. The topological polar surface area (TPSA) is 29.3 Å². The molecule has 1 rings (SSSR count). The van der Waals surface area contributed by atoms with E-state index in [9.17, 15) is 0 Å². The molecular weight excluding hydrogens is 228 g/mol. The van der Waals surface area contributed by atoms with Gasteiger partial charge in [-0.3, -0.25) is 0 Å². The van der Waals surface area contributed by atoms with E-state index in [4.69, 9.17) is 17.3 Å². The van der Waals surface area contributed by atoms with E-state index in [1.165, 1.54) is 4.90 Å². The quantitative estimate of drug-likeness (QED) is 0.807. The molecule has 0 aliphatic heterocycles. The minimum Gasteiger partial charge on any atom is -0.326 e. The molecular formula is C11H17ClN2S. The predicted molar refractivity (Wildman–Crippen MR) is 68.6 cm³/mol. The third-order valence-corrected chi connectivity index (χ3v) is 3.51. The van der Waals surface area contributed by atoms with Crippen LogP contribution in [0.15, 0.2) is 23.1 Å². The molecule has 0 amide bonds. The second-order valence-corrected chi connectivity index (χ2v) is 5.12.